The number of methoxy groups -OCH3 is 2. The second kappa shape index (κ2) is 13.6. The monoisotopic (exact) mass is 538 g/mol. The number of nitrogens with zero attached hydrogens (tertiary/aromatic N) is 1. The summed E-state index contributed by atoms with van der Waals surface area (Å²) < 4.78 is 67.9. The summed E-state index contributed by atoms with van der Waals surface area (Å²) in [6.45, 7) is 5.07. The molecule has 38 heavy (non-hydrogen) atoms. The van der Waals surface area contributed by atoms with Crippen molar-refractivity contribution in [2.24, 2.45) is 0 Å². The largest absolute Gasteiger partial charge is 0.493 e. The lowest BCUT2D eigenvalue weighted by molar-refractivity contribution is -0.137. The summed E-state index contributed by atoms with van der Waals surface area (Å²) in [5.41, 5.74) is 1.04. The van der Waals surface area contributed by atoms with Crippen LogP contribution >= 0.6 is 0 Å². The van der Waals surface area contributed by atoms with Gasteiger partial charge in [0.25, 0.3) is 5.91 Å². The summed E-state index contributed by atoms with van der Waals surface area (Å²) in [5.74, 6) is 0.371. The maximum absolute atomic E-state index is 13.2. The van der Waals surface area contributed by atoms with E-state index < -0.39 is 18.4 Å². The molecule has 1 N–H and O–H groups in total. The summed E-state index contributed by atoms with van der Waals surface area (Å²) in [4.78, 5) is 15.3. The highest BCUT2D eigenvalue weighted by Gasteiger charge is 2.33. The van der Waals surface area contributed by atoms with Gasteiger partial charge in [-0.15, -0.1) is 6.58 Å². The molecule has 1 aliphatic heterocycles. The van der Waals surface area contributed by atoms with Gasteiger partial charge in [0.1, 0.15) is 0 Å². The van der Waals surface area contributed by atoms with Crippen LogP contribution in [0.4, 0.5) is 17.6 Å². The topological polar surface area (TPSA) is 60.0 Å². The Kier molecular flexibility index (Phi) is 10.6. The van der Waals surface area contributed by atoms with Gasteiger partial charge in [0.05, 0.1) is 44.7 Å². The first-order chi connectivity index (χ1) is 18.2. The average Bonchev–Trinajstić information content (AvgIpc) is 3.30. The molecule has 2 aromatic carbocycles. The van der Waals surface area contributed by atoms with Gasteiger partial charge in [-0.1, -0.05) is 18.2 Å². The minimum Gasteiger partial charge on any atom is -0.493 e. The van der Waals surface area contributed by atoms with Crippen molar-refractivity contribution in [3.05, 3.63) is 71.3 Å². The summed E-state index contributed by atoms with van der Waals surface area (Å²) in [6.07, 6.45) is -1.33. The molecule has 3 rings (SSSR count). The first kappa shape index (κ1) is 29.4. The Labute approximate surface area is 220 Å². The molecule has 1 amide bonds. The third-order valence-electron chi connectivity index (χ3n) is 6.50. The molecule has 6 nitrogen and oxygen atoms in total. The minimum absolute atomic E-state index is 0.0304. The Morgan fingerprint density at radius 2 is 1.89 bits per heavy atom. The van der Waals surface area contributed by atoms with Crippen molar-refractivity contribution in [2.75, 3.05) is 40.5 Å². The molecule has 0 radical (unpaired) electrons. The molecule has 0 spiro atoms. The van der Waals surface area contributed by atoms with E-state index in [9.17, 15) is 22.4 Å². The second-order valence-electron chi connectivity index (χ2n) is 9.14. The van der Waals surface area contributed by atoms with Crippen molar-refractivity contribution in [3.8, 4) is 11.5 Å². The van der Waals surface area contributed by atoms with E-state index in [1.54, 1.807) is 18.2 Å². The van der Waals surface area contributed by atoms with E-state index in [4.69, 9.17) is 14.2 Å². The van der Waals surface area contributed by atoms with Gasteiger partial charge >= 0.3 is 6.18 Å². The number of rotatable bonds is 13. The van der Waals surface area contributed by atoms with E-state index in [0.717, 1.165) is 17.7 Å². The van der Waals surface area contributed by atoms with Gasteiger partial charge in [0.15, 0.2) is 11.5 Å². The van der Waals surface area contributed by atoms with Crippen molar-refractivity contribution in [1.29, 1.82) is 0 Å². The quantitative estimate of drug-likeness (QED) is 0.281. The number of halogens is 4. The number of likely N-dealkylation sites (tertiary alicyclic amines) is 1. The molecule has 0 unspecified atom stereocenters. The predicted octanol–water partition coefficient (Wildman–Crippen LogP) is 5.20. The Bertz CT molecular complexity index is 1080. The molecule has 0 aromatic heterocycles. The molecule has 1 saturated heterocycles. The number of carbonyl (C=O) groups is 1. The zero-order chi connectivity index (χ0) is 27.7. The average molecular weight is 539 g/mol. The third-order valence-corrected chi connectivity index (χ3v) is 6.50. The molecular weight excluding hydrogens is 504 g/mol. The SMILES string of the molecule is C=CCN1C[C@H](OCc2ccc(C(F)(F)F)cc2)C[C@H]1CNC(=O)c1cc(CCCF)cc(OC)c1OC. The molecule has 1 heterocycles. The first-order valence-corrected chi connectivity index (χ1v) is 12.4. The van der Waals surface area contributed by atoms with Crippen LogP contribution in [0.1, 0.15) is 39.9 Å². The Hall–Kier alpha value is -3.11. The summed E-state index contributed by atoms with van der Waals surface area (Å²) in [7, 11) is 2.94. The van der Waals surface area contributed by atoms with Crippen LogP contribution in [-0.2, 0) is 23.9 Å². The van der Waals surface area contributed by atoms with E-state index in [2.05, 4.69) is 16.8 Å². The van der Waals surface area contributed by atoms with E-state index in [0.29, 0.717) is 61.5 Å². The van der Waals surface area contributed by atoms with Crippen molar-refractivity contribution in [2.45, 2.75) is 44.2 Å². The molecule has 0 bridgehead atoms. The molecule has 1 fully saturated rings. The zero-order valence-electron chi connectivity index (χ0n) is 21.7. The minimum atomic E-state index is -4.38. The second-order valence-corrected chi connectivity index (χ2v) is 9.14. The molecule has 1 aliphatic rings. The van der Waals surface area contributed by atoms with Crippen LogP contribution < -0.4 is 14.8 Å². The molecule has 208 valence electrons. The van der Waals surface area contributed by atoms with Gasteiger partial charge in [-0.25, -0.2) is 0 Å². The molecule has 2 aromatic rings. The highest BCUT2D eigenvalue weighted by molar-refractivity contribution is 5.98. The fourth-order valence-electron chi connectivity index (χ4n) is 4.58. The van der Waals surface area contributed by atoms with Crippen molar-refractivity contribution in [3.63, 3.8) is 0 Å². The first-order valence-electron chi connectivity index (χ1n) is 12.4. The van der Waals surface area contributed by atoms with Crippen molar-refractivity contribution >= 4 is 5.91 Å². The van der Waals surface area contributed by atoms with Gasteiger partial charge in [0, 0.05) is 25.7 Å². The Balaban J connectivity index is 1.63. The number of benzene rings is 2. The summed E-state index contributed by atoms with van der Waals surface area (Å²) in [6, 6.07) is 8.33. The van der Waals surface area contributed by atoms with Gasteiger partial charge in [-0.2, -0.15) is 13.2 Å². The third kappa shape index (κ3) is 7.70. The standard InChI is InChI=1S/C28H34F4N2O4/c1-4-12-34-17-23(38-18-19-7-9-21(10-8-19)28(30,31)32)15-22(34)16-33-27(35)24-13-20(6-5-11-29)14-25(36-2)26(24)37-3/h4,7-10,13-14,22-23H,1,5-6,11-12,15-18H2,2-3H3,(H,33,35)/t22-,23+/m0/s1. The number of hydrogen-bond donors (Lipinski definition) is 1. The van der Waals surface area contributed by atoms with E-state index >= 15 is 0 Å². The Morgan fingerprint density at radius 1 is 1.16 bits per heavy atom. The van der Waals surface area contributed by atoms with Crippen LogP contribution in [0.25, 0.3) is 0 Å². The van der Waals surface area contributed by atoms with Gasteiger partial charge in [0.2, 0.25) is 0 Å². The Morgan fingerprint density at radius 3 is 2.50 bits per heavy atom. The highest BCUT2D eigenvalue weighted by Crippen LogP contribution is 2.33. The van der Waals surface area contributed by atoms with Crippen LogP contribution in [0.5, 0.6) is 11.5 Å². The molecule has 2 atom stereocenters. The van der Waals surface area contributed by atoms with Crippen LogP contribution in [0.3, 0.4) is 0 Å². The van der Waals surface area contributed by atoms with E-state index in [-0.39, 0.29) is 24.7 Å². The number of ether oxygens (including phenoxy) is 3. The summed E-state index contributed by atoms with van der Waals surface area (Å²) in [5, 5.41) is 2.97. The number of aryl methyl sites for hydroxylation is 1. The van der Waals surface area contributed by atoms with E-state index in [1.165, 1.54) is 26.4 Å². The number of alkyl halides is 4. The zero-order valence-corrected chi connectivity index (χ0v) is 21.7. The van der Waals surface area contributed by atoms with Gasteiger partial charge < -0.3 is 19.5 Å². The smallest absolute Gasteiger partial charge is 0.416 e. The molecule has 0 aliphatic carbocycles. The highest BCUT2D eigenvalue weighted by atomic mass is 19.4. The molecule has 10 heteroatoms. The normalized spacial score (nSPS) is 17.8. The number of nitrogens with one attached hydrogen (secondary N) is 1. The number of amides is 1. The maximum Gasteiger partial charge on any atom is 0.416 e. The fourth-order valence-corrected chi connectivity index (χ4v) is 4.58. The van der Waals surface area contributed by atoms with Crippen LogP contribution in [0.15, 0.2) is 49.1 Å². The molecule has 0 saturated carbocycles. The van der Waals surface area contributed by atoms with Crippen LogP contribution in [-0.4, -0.2) is 63.5 Å². The van der Waals surface area contributed by atoms with Crippen LogP contribution in [0, 0.1) is 0 Å². The maximum atomic E-state index is 13.2. The fraction of sp³-hybridized carbons (Fsp3) is 0.464. The van der Waals surface area contributed by atoms with Crippen LogP contribution in [0.2, 0.25) is 0 Å². The molecular formula is C28H34F4N2O4. The predicted molar refractivity (Wildman–Crippen MR) is 136 cm³/mol. The van der Waals surface area contributed by atoms with Crippen molar-refractivity contribution < 1.29 is 36.6 Å². The number of hydrogen-bond acceptors (Lipinski definition) is 5. The lowest BCUT2D eigenvalue weighted by atomic mass is 10.0. The van der Waals surface area contributed by atoms with E-state index in [1.807, 2.05) is 0 Å². The lowest BCUT2D eigenvalue weighted by Crippen LogP contribution is -2.40. The van der Waals surface area contributed by atoms with Gasteiger partial charge in [-0.05, 0) is 54.7 Å². The number of carbonyl (C=O) groups excluding carboxylic acids is 1. The van der Waals surface area contributed by atoms with Crippen molar-refractivity contribution in [1.82, 2.24) is 10.2 Å². The van der Waals surface area contributed by atoms with Gasteiger partial charge in [-0.3, -0.25) is 14.1 Å². The lowest BCUT2D eigenvalue weighted by Gasteiger charge is -2.23. The summed E-state index contributed by atoms with van der Waals surface area (Å²) >= 11 is 0.